The third-order valence-electron chi connectivity index (χ3n) is 9.61. The van der Waals surface area contributed by atoms with Gasteiger partial charge in [0.25, 0.3) is 0 Å². The SMILES string of the molecule is [2H]c1c([2H])c([2H])c(-c2c([2H])c([2H])c(-c3c([2H])c([2H])c(N(c4c([2H])c([2H])c(-c5cc(-c6ccccc6)cc(-c6ccccc6)c5)c([2H])c4[2H])c4c([2H])c([2H])c([2H])c(-c5ccc6ccccc6c5)c4[2H])c([2H])c3[2H])c([2H])c2[2H])c([2H])c1[2H]. The van der Waals surface area contributed by atoms with Gasteiger partial charge in [0.05, 0.1) is 28.8 Å². The highest BCUT2D eigenvalue weighted by Gasteiger charge is 2.16. The van der Waals surface area contributed by atoms with Gasteiger partial charge in [-0.1, -0.05) is 188 Å². The van der Waals surface area contributed by atoms with Gasteiger partial charge < -0.3 is 4.90 Å². The van der Waals surface area contributed by atoms with Crippen molar-refractivity contribution in [2.45, 2.75) is 0 Å². The van der Waals surface area contributed by atoms with Crippen LogP contribution in [0.3, 0.4) is 0 Å². The second-order valence-corrected chi connectivity index (χ2v) is 13.3. The highest BCUT2D eigenvalue weighted by Crippen LogP contribution is 2.40. The fourth-order valence-corrected chi connectivity index (χ4v) is 6.68. The maximum atomic E-state index is 9.87. The summed E-state index contributed by atoms with van der Waals surface area (Å²) >= 11 is 0. The molecule has 0 aromatic heterocycles. The summed E-state index contributed by atoms with van der Waals surface area (Å²) in [4.78, 5) is 0.675. The van der Waals surface area contributed by atoms with E-state index in [-0.39, 0.29) is 22.3 Å². The van der Waals surface area contributed by atoms with Crippen LogP contribution < -0.4 is 4.90 Å². The number of nitrogens with zero attached hydrogens (tertiary/aromatic N) is 1. The molecule has 0 saturated heterocycles. The minimum absolute atomic E-state index is 0.194. The average molecular weight is 773 g/mol. The van der Waals surface area contributed by atoms with Crippen molar-refractivity contribution in [2.24, 2.45) is 0 Å². The van der Waals surface area contributed by atoms with Crippen LogP contribution in [0.2, 0.25) is 0 Å². The van der Waals surface area contributed by atoms with Crippen LogP contribution in [0.1, 0.15) is 28.8 Å². The topological polar surface area (TPSA) is 3.24 Å². The summed E-state index contributed by atoms with van der Waals surface area (Å²) in [7, 11) is 0. The van der Waals surface area contributed by atoms with Crippen molar-refractivity contribution < 1.29 is 28.8 Å². The Morgan fingerprint density at radius 3 is 1.25 bits per heavy atom. The zero-order chi connectivity index (χ0) is 57.7. The van der Waals surface area contributed by atoms with Gasteiger partial charge in [0.1, 0.15) is 0 Å². The summed E-state index contributed by atoms with van der Waals surface area (Å²) in [6.45, 7) is 0. The summed E-state index contributed by atoms with van der Waals surface area (Å²) in [6, 6.07) is 17.7. The fourth-order valence-electron chi connectivity index (χ4n) is 6.68. The van der Waals surface area contributed by atoms with Crippen LogP contribution in [0.25, 0.3) is 77.5 Å². The van der Waals surface area contributed by atoms with Crippen molar-refractivity contribution >= 4 is 27.8 Å². The molecule has 1 nitrogen and oxygen atoms in total. The Hall–Kier alpha value is -7.74. The third-order valence-corrected chi connectivity index (χ3v) is 9.61. The molecule has 10 rings (SSSR count). The van der Waals surface area contributed by atoms with Crippen molar-refractivity contribution in [1.82, 2.24) is 0 Å². The van der Waals surface area contributed by atoms with Gasteiger partial charge in [0.15, 0.2) is 0 Å². The molecule has 0 atom stereocenters. The Morgan fingerprint density at radius 2 is 0.695 bits per heavy atom. The molecular formula is C58H41N. The van der Waals surface area contributed by atoms with Crippen molar-refractivity contribution in [3.05, 3.63) is 248 Å². The molecule has 0 aliphatic heterocycles. The first-order chi connectivity index (χ1) is 38.0. The molecule has 0 amide bonds. The standard InChI is InChI=1S/C58H41N/c1-4-13-42(14-5-1)46-23-25-47(26-24-46)48-29-33-56(34-30-48)59(58-22-12-21-51(41-58)52-28-27-45-19-10-11-20-50(45)37-52)57-35-31-49(32-36-57)55-39-53(43-15-6-2-7-16-43)38-54(40-55)44-17-8-3-9-18-44/h1-41H/i1D,4D,5D,12D,13D,14D,21D,22D,23D,24D,25D,26D,29D,30D,31D,32D,33D,34D,35D,36D,41D. The van der Waals surface area contributed by atoms with Crippen LogP contribution >= 0.6 is 0 Å². The van der Waals surface area contributed by atoms with Gasteiger partial charge in [0.2, 0.25) is 0 Å². The number of hydrogen-bond donors (Lipinski definition) is 0. The Kier molecular flexibility index (Phi) is 5.32. The molecule has 0 fully saturated rings. The zero-order valence-electron chi connectivity index (χ0n) is 52.0. The number of hydrogen-bond acceptors (Lipinski definition) is 1. The number of fused-ring (bicyclic) bond motifs is 1. The van der Waals surface area contributed by atoms with Crippen molar-refractivity contribution in [3.63, 3.8) is 0 Å². The van der Waals surface area contributed by atoms with E-state index in [1.165, 1.54) is 0 Å². The largest absolute Gasteiger partial charge is 0.310 e. The van der Waals surface area contributed by atoms with E-state index in [9.17, 15) is 15.1 Å². The van der Waals surface area contributed by atoms with Gasteiger partial charge in [-0.2, -0.15) is 0 Å². The summed E-state index contributed by atoms with van der Waals surface area (Å²) in [5.41, 5.74) is -2.49. The summed E-state index contributed by atoms with van der Waals surface area (Å²) in [6.07, 6.45) is 0. The summed E-state index contributed by atoms with van der Waals surface area (Å²) in [5, 5.41) is 1.44. The van der Waals surface area contributed by atoms with Gasteiger partial charge in [-0.3, -0.25) is 0 Å². The molecule has 0 heterocycles. The van der Waals surface area contributed by atoms with Crippen LogP contribution in [0, 0.1) is 0 Å². The summed E-state index contributed by atoms with van der Waals surface area (Å²) in [5.74, 6) is 0. The molecule has 1 heteroatoms. The molecule has 0 spiro atoms. The van der Waals surface area contributed by atoms with E-state index in [4.69, 9.17) is 13.7 Å². The van der Waals surface area contributed by atoms with Crippen molar-refractivity contribution in [2.75, 3.05) is 4.90 Å². The van der Waals surface area contributed by atoms with E-state index in [0.29, 0.717) is 21.4 Å². The molecule has 0 unspecified atom stereocenters. The Bertz CT molecular complexity index is 4090. The molecular weight excluding hydrogens is 711 g/mol. The van der Waals surface area contributed by atoms with E-state index in [2.05, 4.69) is 0 Å². The molecule has 0 saturated carbocycles. The Labute approximate surface area is 376 Å². The van der Waals surface area contributed by atoms with Crippen LogP contribution in [0.4, 0.5) is 17.1 Å². The summed E-state index contributed by atoms with van der Waals surface area (Å²) < 4.78 is 193. The highest BCUT2D eigenvalue weighted by atomic mass is 15.1. The molecule has 278 valence electrons. The molecule has 0 N–H and O–H groups in total. The maximum absolute atomic E-state index is 9.87. The lowest BCUT2D eigenvalue weighted by molar-refractivity contribution is 1.28. The minimum atomic E-state index is -1.07. The number of anilines is 3. The lowest BCUT2D eigenvalue weighted by Crippen LogP contribution is -2.10. The van der Waals surface area contributed by atoms with Gasteiger partial charge in [-0.25, -0.2) is 0 Å². The van der Waals surface area contributed by atoms with E-state index in [1.807, 2.05) is 78.9 Å². The molecule has 0 aliphatic carbocycles. The molecule has 0 bridgehead atoms. The van der Waals surface area contributed by atoms with Crippen LogP contribution in [0.15, 0.2) is 248 Å². The molecule has 0 aliphatic rings. The van der Waals surface area contributed by atoms with Crippen molar-refractivity contribution in [1.29, 1.82) is 0 Å². The van der Waals surface area contributed by atoms with Gasteiger partial charge in [0, 0.05) is 17.1 Å². The van der Waals surface area contributed by atoms with Crippen molar-refractivity contribution in [3.8, 4) is 66.8 Å². The molecule has 10 aromatic rings. The first-order valence-corrected chi connectivity index (χ1v) is 18.5. The third kappa shape index (κ3) is 7.58. The van der Waals surface area contributed by atoms with E-state index in [0.717, 1.165) is 16.5 Å². The lowest BCUT2D eigenvalue weighted by Gasteiger charge is -2.26. The first-order valence-electron chi connectivity index (χ1n) is 29.0. The average Bonchev–Trinajstić information content (AvgIpc) is 3.46. The molecule has 59 heavy (non-hydrogen) atoms. The number of benzene rings is 10. The van der Waals surface area contributed by atoms with Gasteiger partial charge in [-0.05, 0) is 138 Å². The first kappa shape index (κ1) is 19.6. The Morgan fingerprint density at radius 1 is 0.254 bits per heavy atom. The predicted molar refractivity (Wildman–Crippen MR) is 251 cm³/mol. The second kappa shape index (κ2) is 16.0. The fraction of sp³-hybridized carbons (Fsp3) is 0. The molecule has 0 radical (unpaired) electrons. The van der Waals surface area contributed by atoms with E-state index >= 15 is 0 Å². The smallest absolute Gasteiger partial charge is 0.0651 e. The quantitative estimate of drug-likeness (QED) is 0.141. The zero-order valence-corrected chi connectivity index (χ0v) is 31.0. The highest BCUT2D eigenvalue weighted by molar-refractivity contribution is 5.89. The van der Waals surface area contributed by atoms with Gasteiger partial charge >= 0.3 is 0 Å². The number of rotatable bonds is 9. The monoisotopic (exact) mass is 772 g/mol. The lowest BCUT2D eigenvalue weighted by atomic mass is 9.93. The predicted octanol–water partition coefficient (Wildman–Crippen LogP) is 16.3. The van der Waals surface area contributed by atoms with Crippen LogP contribution in [-0.4, -0.2) is 0 Å². The van der Waals surface area contributed by atoms with Gasteiger partial charge in [-0.15, -0.1) is 0 Å². The maximum Gasteiger partial charge on any atom is 0.0651 e. The minimum Gasteiger partial charge on any atom is -0.310 e. The van der Waals surface area contributed by atoms with Crippen LogP contribution in [0.5, 0.6) is 0 Å². The van der Waals surface area contributed by atoms with Crippen LogP contribution in [-0.2, 0) is 0 Å². The second-order valence-electron chi connectivity index (χ2n) is 13.3. The molecule has 10 aromatic carbocycles. The normalized spacial score (nSPS) is 16.0. The van der Waals surface area contributed by atoms with E-state index in [1.54, 1.807) is 42.5 Å². The van der Waals surface area contributed by atoms with E-state index < -0.39 is 166 Å². The Balaban J connectivity index is 1.28.